The Balaban J connectivity index is 3.07. The topological polar surface area (TPSA) is 12.9 Å². The fourth-order valence-corrected chi connectivity index (χ4v) is 2.55. The predicted octanol–water partition coefficient (Wildman–Crippen LogP) is 3.43. The van der Waals surface area contributed by atoms with Crippen LogP contribution in [-0.2, 0) is 17.6 Å². The Morgan fingerprint density at radius 3 is 2.31 bits per heavy atom. The highest BCUT2D eigenvalue weighted by Crippen LogP contribution is 2.30. The second-order valence-electron chi connectivity index (χ2n) is 4.15. The van der Waals surface area contributed by atoms with Crippen LogP contribution in [0.3, 0.4) is 0 Å². The van der Waals surface area contributed by atoms with E-state index >= 15 is 0 Å². The van der Waals surface area contributed by atoms with Crippen LogP contribution in [0.2, 0.25) is 0 Å². The molecule has 0 saturated heterocycles. The first-order valence-corrected chi connectivity index (χ1v) is 6.03. The highest BCUT2D eigenvalue weighted by atomic mass is 32.1. The summed E-state index contributed by atoms with van der Waals surface area (Å²) >= 11 is 6.12. The lowest BCUT2D eigenvalue weighted by atomic mass is 9.98. The van der Waals surface area contributed by atoms with Crippen LogP contribution in [0.4, 0.5) is 0 Å². The number of hydrogen-bond donors (Lipinski definition) is 1. The molecular formula is C10H17NS2. The summed E-state index contributed by atoms with van der Waals surface area (Å²) in [6.07, 6.45) is 1.02. The lowest BCUT2D eigenvalue weighted by Gasteiger charge is -2.13. The smallest absolute Gasteiger partial charge is 0.0984 e. The third-order valence-corrected chi connectivity index (χ3v) is 3.95. The molecule has 13 heavy (non-hydrogen) atoms. The van der Waals surface area contributed by atoms with Crippen molar-refractivity contribution in [1.29, 1.82) is 0 Å². The minimum absolute atomic E-state index is 0.176. The van der Waals surface area contributed by atoms with Gasteiger partial charge in [-0.2, -0.15) is 12.6 Å². The second-order valence-corrected chi connectivity index (χ2v) is 5.55. The number of nitrogens with zero attached hydrogens (tertiary/aromatic N) is 1. The maximum Gasteiger partial charge on any atom is 0.0984 e. The van der Waals surface area contributed by atoms with Crippen LogP contribution < -0.4 is 0 Å². The molecule has 0 radical (unpaired) electrons. The van der Waals surface area contributed by atoms with Gasteiger partial charge in [-0.1, -0.05) is 27.7 Å². The van der Waals surface area contributed by atoms with E-state index in [-0.39, 0.29) is 5.41 Å². The van der Waals surface area contributed by atoms with Crippen molar-refractivity contribution in [2.45, 2.75) is 45.3 Å². The molecule has 0 amide bonds. The van der Waals surface area contributed by atoms with Crippen LogP contribution >= 0.6 is 24.0 Å². The molecule has 1 aromatic heterocycles. The minimum Gasteiger partial charge on any atom is -0.245 e. The predicted molar refractivity (Wildman–Crippen MR) is 62.9 cm³/mol. The van der Waals surface area contributed by atoms with Crippen molar-refractivity contribution >= 4 is 24.0 Å². The van der Waals surface area contributed by atoms with Gasteiger partial charge in [-0.05, 0) is 6.42 Å². The van der Waals surface area contributed by atoms with E-state index in [2.05, 4.69) is 45.3 Å². The van der Waals surface area contributed by atoms with Crippen LogP contribution in [-0.4, -0.2) is 4.98 Å². The molecule has 0 aliphatic carbocycles. The highest BCUT2D eigenvalue weighted by Gasteiger charge is 2.20. The quantitative estimate of drug-likeness (QED) is 0.746. The Bertz CT molecular complexity index is 262. The second kappa shape index (κ2) is 4.01. The number of thiazole rings is 1. The van der Waals surface area contributed by atoms with E-state index in [0.717, 1.165) is 12.2 Å². The van der Waals surface area contributed by atoms with E-state index in [1.165, 1.54) is 15.6 Å². The highest BCUT2D eigenvalue weighted by molar-refractivity contribution is 7.79. The molecule has 0 saturated carbocycles. The molecule has 0 aromatic carbocycles. The largest absolute Gasteiger partial charge is 0.245 e. The maximum absolute atomic E-state index is 4.64. The molecule has 0 aliphatic rings. The van der Waals surface area contributed by atoms with Crippen molar-refractivity contribution in [2.75, 3.05) is 0 Å². The third-order valence-electron chi connectivity index (χ3n) is 1.90. The molecule has 1 aromatic rings. The molecule has 0 fully saturated rings. The zero-order valence-corrected chi connectivity index (χ0v) is 10.4. The zero-order chi connectivity index (χ0) is 10.1. The Morgan fingerprint density at radius 1 is 1.38 bits per heavy atom. The summed E-state index contributed by atoms with van der Waals surface area (Å²) in [4.78, 5) is 5.97. The first kappa shape index (κ1) is 11.1. The SMILES string of the molecule is CCc1nc(C(C)(C)C)sc1CS. The third kappa shape index (κ3) is 2.47. The van der Waals surface area contributed by atoms with Crippen molar-refractivity contribution < 1.29 is 0 Å². The summed E-state index contributed by atoms with van der Waals surface area (Å²) < 4.78 is 0. The van der Waals surface area contributed by atoms with Gasteiger partial charge in [0.15, 0.2) is 0 Å². The molecule has 3 heteroatoms. The van der Waals surface area contributed by atoms with Gasteiger partial charge in [-0.15, -0.1) is 11.3 Å². The van der Waals surface area contributed by atoms with Gasteiger partial charge in [-0.25, -0.2) is 4.98 Å². The zero-order valence-electron chi connectivity index (χ0n) is 8.72. The van der Waals surface area contributed by atoms with Gasteiger partial charge in [0.2, 0.25) is 0 Å². The molecule has 0 bridgehead atoms. The molecule has 74 valence electrons. The van der Waals surface area contributed by atoms with Crippen molar-refractivity contribution in [1.82, 2.24) is 4.98 Å². The number of aromatic nitrogens is 1. The summed E-state index contributed by atoms with van der Waals surface area (Å²) in [5.41, 5.74) is 1.40. The Morgan fingerprint density at radius 2 is 2.00 bits per heavy atom. The van der Waals surface area contributed by atoms with Crippen LogP contribution in [0.1, 0.15) is 43.3 Å². The van der Waals surface area contributed by atoms with Gasteiger partial charge < -0.3 is 0 Å². The molecule has 0 N–H and O–H groups in total. The first-order valence-electron chi connectivity index (χ1n) is 4.59. The standard InChI is InChI=1S/C10H17NS2/c1-5-7-8(6-12)13-9(11-7)10(2,3)4/h12H,5-6H2,1-4H3. The van der Waals surface area contributed by atoms with Gasteiger partial charge in [0, 0.05) is 16.0 Å². The van der Waals surface area contributed by atoms with E-state index in [0.29, 0.717) is 0 Å². The fourth-order valence-electron chi connectivity index (χ4n) is 1.10. The average molecular weight is 215 g/mol. The fraction of sp³-hybridized carbons (Fsp3) is 0.700. The van der Waals surface area contributed by atoms with Crippen LogP contribution in [0.15, 0.2) is 0 Å². The molecule has 0 atom stereocenters. The summed E-state index contributed by atoms with van der Waals surface area (Å²) in [5, 5.41) is 1.23. The minimum atomic E-state index is 0.176. The van der Waals surface area contributed by atoms with Crippen molar-refractivity contribution in [3.8, 4) is 0 Å². The summed E-state index contributed by atoms with van der Waals surface area (Å²) in [7, 11) is 0. The molecule has 1 rings (SSSR count). The number of thiol groups is 1. The first-order chi connectivity index (χ1) is 5.99. The lowest BCUT2D eigenvalue weighted by molar-refractivity contribution is 0.583. The van der Waals surface area contributed by atoms with E-state index in [4.69, 9.17) is 0 Å². The van der Waals surface area contributed by atoms with E-state index in [1.807, 2.05) is 0 Å². The van der Waals surface area contributed by atoms with E-state index < -0.39 is 0 Å². The summed E-state index contributed by atoms with van der Waals surface area (Å²) in [5.74, 6) is 0.816. The number of aryl methyl sites for hydroxylation is 1. The Kier molecular flexibility index (Phi) is 3.41. The lowest BCUT2D eigenvalue weighted by Crippen LogP contribution is -2.10. The van der Waals surface area contributed by atoms with Gasteiger partial charge in [0.25, 0.3) is 0 Å². The maximum atomic E-state index is 4.64. The molecule has 0 aliphatic heterocycles. The van der Waals surface area contributed by atoms with Gasteiger partial charge >= 0.3 is 0 Å². The Labute approximate surface area is 90.0 Å². The van der Waals surface area contributed by atoms with Crippen molar-refractivity contribution in [2.24, 2.45) is 0 Å². The molecule has 0 unspecified atom stereocenters. The van der Waals surface area contributed by atoms with Crippen LogP contribution in [0, 0.1) is 0 Å². The van der Waals surface area contributed by atoms with Gasteiger partial charge in [0.05, 0.1) is 10.7 Å². The molecule has 1 heterocycles. The summed E-state index contributed by atoms with van der Waals surface area (Å²) in [6.45, 7) is 8.75. The van der Waals surface area contributed by atoms with Gasteiger partial charge in [0.1, 0.15) is 0 Å². The number of hydrogen-bond acceptors (Lipinski definition) is 3. The molecule has 1 nitrogen and oxygen atoms in total. The van der Waals surface area contributed by atoms with Crippen molar-refractivity contribution in [3.63, 3.8) is 0 Å². The molecular weight excluding hydrogens is 198 g/mol. The average Bonchev–Trinajstić information content (AvgIpc) is 2.45. The monoisotopic (exact) mass is 215 g/mol. The van der Waals surface area contributed by atoms with Crippen LogP contribution in [0.5, 0.6) is 0 Å². The summed E-state index contributed by atoms with van der Waals surface area (Å²) in [6, 6.07) is 0. The van der Waals surface area contributed by atoms with Crippen molar-refractivity contribution in [3.05, 3.63) is 15.6 Å². The van der Waals surface area contributed by atoms with E-state index in [1.54, 1.807) is 11.3 Å². The number of rotatable bonds is 2. The Hall–Kier alpha value is -0.0200. The van der Waals surface area contributed by atoms with E-state index in [9.17, 15) is 0 Å². The molecule has 0 spiro atoms. The van der Waals surface area contributed by atoms with Crippen LogP contribution in [0.25, 0.3) is 0 Å². The normalized spacial score (nSPS) is 12.1. The van der Waals surface area contributed by atoms with Gasteiger partial charge in [-0.3, -0.25) is 0 Å².